The highest BCUT2D eigenvalue weighted by Gasteiger charge is 2.38. The van der Waals surface area contributed by atoms with Crippen LogP contribution < -0.4 is 4.72 Å². The lowest BCUT2D eigenvalue weighted by molar-refractivity contribution is 0.119. The Morgan fingerprint density at radius 3 is 2.67 bits per heavy atom. The maximum Gasteiger partial charge on any atom is 0.241 e. The third-order valence-electron chi connectivity index (χ3n) is 4.36. The van der Waals surface area contributed by atoms with Crippen LogP contribution in [0.2, 0.25) is 0 Å². The third-order valence-corrected chi connectivity index (χ3v) is 6.10. The number of sulfonamides is 1. The first-order valence-corrected chi connectivity index (χ1v) is 8.98. The van der Waals surface area contributed by atoms with Gasteiger partial charge in [-0.1, -0.05) is 37.5 Å². The van der Waals surface area contributed by atoms with Gasteiger partial charge in [-0.25, -0.2) is 13.1 Å². The number of hydrogen-bond acceptors (Lipinski definition) is 3. The fraction of sp³-hybridized carbons (Fsp3) is 0.625. The second kappa shape index (κ2) is 6.07. The van der Waals surface area contributed by atoms with Gasteiger partial charge in [0.2, 0.25) is 10.0 Å². The van der Waals surface area contributed by atoms with Crippen molar-refractivity contribution < 1.29 is 13.5 Å². The Kier molecular flexibility index (Phi) is 4.76. The van der Waals surface area contributed by atoms with E-state index in [2.05, 4.69) is 11.6 Å². The predicted octanol–water partition coefficient (Wildman–Crippen LogP) is 2.52. The van der Waals surface area contributed by atoms with Crippen LogP contribution in [0.25, 0.3) is 0 Å². The molecule has 1 aliphatic carbocycles. The molecule has 1 aromatic carbocycles. The van der Waals surface area contributed by atoms with Gasteiger partial charge in [0.15, 0.2) is 0 Å². The summed E-state index contributed by atoms with van der Waals surface area (Å²) in [4.78, 5) is 0.305. The zero-order chi connectivity index (χ0) is 15.7. The van der Waals surface area contributed by atoms with E-state index in [1.165, 1.54) is 0 Å². The molecular formula is C16H25NO3S. The Bertz CT molecular complexity index is 612. The van der Waals surface area contributed by atoms with E-state index in [-0.39, 0.29) is 6.61 Å². The lowest BCUT2D eigenvalue weighted by atomic mass is 9.78. The molecule has 0 heterocycles. The quantitative estimate of drug-likeness (QED) is 0.898. The zero-order valence-corrected chi connectivity index (χ0v) is 13.8. The Balaban J connectivity index is 2.31. The molecule has 2 unspecified atom stereocenters. The molecule has 0 spiro atoms. The van der Waals surface area contributed by atoms with Gasteiger partial charge in [0.25, 0.3) is 0 Å². The van der Waals surface area contributed by atoms with Crippen LogP contribution in [0.15, 0.2) is 23.1 Å². The molecule has 0 aliphatic heterocycles. The Labute approximate surface area is 127 Å². The van der Waals surface area contributed by atoms with Gasteiger partial charge in [-0.15, -0.1) is 0 Å². The Morgan fingerprint density at radius 2 is 2.10 bits per heavy atom. The van der Waals surface area contributed by atoms with Crippen molar-refractivity contribution in [2.75, 3.05) is 6.61 Å². The smallest absolute Gasteiger partial charge is 0.241 e. The number of rotatable bonds is 4. The molecule has 1 saturated carbocycles. The molecule has 0 amide bonds. The summed E-state index contributed by atoms with van der Waals surface area (Å²) in [5, 5.41) is 9.76. The molecule has 2 rings (SSSR count). The van der Waals surface area contributed by atoms with Crippen LogP contribution in [0, 0.1) is 19.8 Å². The van der Waals surface area contributed by atoms with Gasteiger partial charge >= 0.3 is 0 Å². The normalized spacial score (nSPS) is 26.8. The van der Waals surface area contributed by atoms with Gasteiger partial charge in [-0.2, -0.15) is 0 Å². The first kappa shape index (κ1) is 16.5. The highest BCUT2D eigenvalue weighted by molar-refractivity contribution is 7.89. The van der Waals surface area contributed by atoms with E-state index < -0.39 is 15.6 Å². The summed E-state index contributed by atoms with van der Waals surface area (Å²) in [7, 11) is -3.61. The molecule has 2 N–H and O–H groups in total. The molecule has 118 valence electrons. The number of aliphatic hydroxyl groups excluding tert-OH is 1. The van der Waals surface area contributed by atoms with Crippen LogP contribution in [0.3, 0.4) is 0 Å². The van der Waals surface area contributed by atoms with E-state index in [1.54, 1.807) is 19.1 Å². The summed E-state index contributed by atoms with van der Waals surface area (Å²) in [5.41, 5.74) is 1.06. The van der Waals surface area contributed by atoms with E-state index in [0.717, 1.165) is 24.0 Å². The van der Waals surface area contributed by atoms with E-state index in [4.69, 9.17) is 0 Å². The van der Waals surface area contributed by atoms with Crippen LogP contribution in [0.4, 0.5) is 0 Å². The number of hydrogen-bond donors (Lipinski definition) is 2. The lowest BCUT2D eigenvalue weighted by Gasteiger charge is -2.39. The number of aliphatic hydroxyl groups is 1. The minimum absolute atomic E-state index is 0.151. The Hall–Kier alpha value is -0.910. The molecule has 0 aromatic heterocycles. The summed E-state index contributed by atoms with van der Waals surface area (Å²) in [6, 6.07) is 5.31. The van der Waals surface area contributed by atoms with E-state index in [1.807, 2.05) is 13.0 Å². The first-order valence-electron chi connectivity index (χ1n) is 7.50. The van der Waals surface area contributed by atoms with Crippen molar-refractivity contribution in [2.45, 2.75) is 56.9 Å². The van der Waals surface area contributed by atoms with Crippen LogP contribution >= 0.6 is 0 Å². The van der Waals surface area contributed by atoms with Crippen molar-refractivity contribution in [3.05, 3.63) is 29.3 Å². The average molecular weight is 311 g/mol. The second-order valence-corrected chi connectivity index (χ2v) is 8.17. The van der Waals surface area contributed by atoms with Crippen molar-refractivity contribution in [2.24, 2.45) is 5.92 Å². The number of nitrogens with one attached hydrogen (secondary N) is 1. The monoisotopic (exact) mass is 311 g/mol. The Morgan fingerprint density at radius 1 is 1.38 bits per heavy atom. The van der Waals surface area contributed by atoms with E-state index in [0.29, 0.717) is 23.7 Å². The van der Waals surface area contributed by atoms with Crippen molar-refractivity contribution in [1.29, 1.82) is 0 Å². The molecule has 4 nitrogen and oxygen atoms in total. The average Bonchev–Trinajstić information content (AvgIpc) is 2.37. The summed E-state index contributed by atoms with van der Waals surface area (Å²) >= 11 is 0. The topological polar surface area (TPSA) is 66.4 Å². The van der Waals surface area contributed by atoms with Gasteiger partial charge < -0.3 is 5.11 Å². The highest BCUT2D eigenvalue weighted by Crippen LogP contribution is 2.33. The molecule has 2 atom stereocenters. The molecular weight excluding hydrogens is 286 g/mol. The van der Waals surface area contributed by atoms with Crippen LogP contribution in [0.1, 0.15) is 43.7 Å². The zero-order valence-electron chi connectivity index (χ0n) is 13.0. The number of aryl methyl sites for hydroxylation is 2. The maximum absolute atomic E-state index is 12.7. The lowest BCUT2D eigenvalue weighted by Crippen LogP contribution is -2.53. The first-order chi connectivity index (χ1) is 9.78. The highest BCUT2D eigenvalue weighted by atomic mass is 32.2. The van der Waals surface area contributed by atoms with Crippen molar-refractivity contribution in [1.82, 2.24) is 4.72 Å². The molecule has 5 heteroatoms. The van der Waals surface area contributed by atoms with Gasteiger partial charge in [-0.05, 0) is 44.2 Å². The predicted molar refractivity (Wildman–Crippen MR) is 83.7 cm³/mol. The third kappa shape index (κ3) is 3.65. The SMILES string of the molecule is Cc1ccc(S(=O)(=O)NC2(CO)CCCC(C)C2)c(C)c1. The van der Waals surface area contributed by atoms with E-state index >= 15 is 0 Å². The molecule has 0 radical (unpaired) electrons. The molecule has 21 heavy (non-hydrogen) atoms. The minimum atomic E-state index is -3.61. The van der Waals surface area contributed by atoms with Crippen LogP contribution in [0.5, 0.6) is 0 Å². The standard InChI is InChI=1S/C16H25NO3S/c1-12-6-7-15(14(3)9-12)21(19,20)17-16(11-18)8-4-5-13(2)10-16/h6-7,9,13,17-18H,4-5,8,10-11H2,1-3H3. The van der Waals surface area contributed by atoms with Crippen molar-refractivity contribution in [3.8, 4) is 0 Å². The largest absolute Gasteiger partial charge is 0.394 e. The van der Waals surface area contributed by atoms with E-state index in [9.17, 15) is 13.5 Å². The fourth-order valence-corrected chi connectivity index (χ4v) is 5.03. The molecule has 1 aliphatic rings. The summed E-state index contributed by atoms with van der Waals surface area (Å²) < 4.78 is 28.1. The maximum atomic E-state index is 12.7. The molecule has 0 bridgehead atoms. The molecule has 0 saturated heterocycles. The summed E-state index contributed by atoms with van der Waals surface area (Å²) in [5.74, 6) is 0.424. The fourth-order valence-electron chi connectivity index (χ4n) is 3.37. The van der Waals surface area contributed by atoms with Crippen molar-refractivity contribution in [3.63, 3.8) is 0 Å². The van der Waals surface area contributed by atoms with Gasteiger partial charge in [-0.3, -0.25) is 0 Å². The van der Waals surface area contributed by atoms with Crippen molar-refractivity contribution >= 4 is 10.0 Å². The molecule has 1 fully saturated rings. The van der Waals surface area contributed by atoms with Gasteiger partial charge in [0.05, 0.1) is 17.0 Å². The van der Waals surface area contributed by atoms with Gasteiger partial charge in [0, 0.05) is 0 Å². The van der Waals surface area contributed by atoms with Crippen LogP contribution in [-0.2, 0) is 10.0 Å². The molecule has 1 aromatic rings. The number of benzene rings is 1. The summed E-state index contributed by atoms with van der Waals surface area (Å²) in [6.07, 6.45) is 3.41. The summed E-state index contributed by atoms with van der Waals surface area (Å²) in [6.45, 7) is 5.70. The van der Waals surface area contributed by atoms with Gasteiger partial charge in [0.1, 0.15) is 0 Å². The second-order valence-electron chi connectivity index (χ2n) is 6.51. The van der Waals surface area contributed by atoms with Crippen LogP contribution in [-0.4, -0.2) is 25.7 Å². The minimum Gasteiger partial charge on any atom is -0.394 e.